The zero-order valence-corrected chi connectivity index (χ0v) is 8.31. The van der Waals surface area contributed by atoms with Gasteiger partial charge in [0, 0.05) is 6.20 Å². The first-order valence-electron chi connectivity index (χ1n) is 4.34. The molecule has 0 atom stereocenters. The van der Waals surface area contributed by atoms with Gasteiger partial charge in [-0.15, -0.1) is 0 Å². The number of aliphatic imine (C=N–C) groups is 1. The van der Waals surface area contributed by atoms with Crippen LogP contribution < -0.4 is 0 Å². The maximum atomic E-state index is 8.49. The topological polar surface area (TPSA) is 57.8 Å². The molecule has 4 nitrogen and oxygen atoms in total. The number of hydrogen-bond donors (Lipinski definition) is 1. The van der Waals surface area contributed by atoms with E-state index in [0.717, 1.165) is 11.4 Å². The number of oxime groups is 1. The van der Waals surface area contributed by atoms with Gasteiger partial charge in [0.1, 0.15) is 0 Å². The van der Waals surface area contributed by atoms with Gasteiger partial charge in [-0.05, 0) is 26.0 Å². The second kappa shape index (κ2) is 5.11. The van der Waals surface area contributed by atoms with Crippen molar-refractivity contribution >= 4 is 11.4 Å². The molecule has 74 valence electrons. The van der Waals surface area contributed by atoms with E-state index < -0.39 is 0 Å². The molecule has 0 aliphatic rings. The fraction of sp³-hybridized carbons (Fsp3) is 0.300. The van der Waals surface area contributed by atoms with Crippen LogP contribution in [0.2, 0.25) is 0 Å². The zero-order valence-electron chi connectivity index (χ0n) is 8.31. The summed E-state index contributed by atoms with van der Waals surface area (Å²) in [6.07, 6.45) is 1.73. The number of pyridine rings is 1. The van der Waals surface area contributed by atoms with Gasteiger partial charge in [0.25, 0.3) is 0 Å². The van der Waals surface area contributed by atoms with Crippen molar-refractivity contribution in [2.45, 2.75) is 20.4 Å². The van der Waals surface area contributed by atoms with Crippen LogP contribution in [0.3, 0.4) is 0 Å². The van der Waals surface area contributed by atoms with Crippen molar-refractivity contribution in [3.8, 4) is 0 Å². The van der Waals surface area contributed by atoms with Crippen molar-refractivity contribution in [1.29, 1.82) is 0 Å². The van der Waals surface area contributed by atoms with Gasteiger partial charge in [0.05, 0.1) is 23.7 Å². The average Bonchev–Trinajstić information content (AvgIpc) is 2.26. The standard InChI is InChI=1S/C10H13N3O/c1-8(9(2)13-14)12-7-10-5-3-4-6-11-10/h3-6,14H,7H2,1-2H3/b12-8?,13-9-. The van der Waals surface area contributed by atoms with Gasteiger partial charge < -0.3 is 5.21 Å². The van der Waals surface area contributed by atoms with Crippen molar-refractivity contribution in [2.24, 2.45) is 10.1 Å². The lowest BCUT2D eigenvalue weighted by atomic mass is 10.3. The second-order valence-electron chi connectivity index (χ2n) is 2.91. The van der Waals surface area contributed by atoms with Gasteiger partial charge in [-0.3, -0.25) is 9.98 Å². The first kappa shape index (κ1) is 10.4. The second-order valence-corrected chi connectivity index (χ2v) is 2.91. The van der Waals surface area contributed by atoms with E-state index in [1.165, 1.54) is 0 Å². The Morgan fingerprint density at radius 2 is 2.14 bits per heavy atom. The summed E-state index contributed by atoms with van der Waals surface area (Å²) in [4.78, 5) is 8.35. The van der Waals surface area contributed by atoms with Gasteiger partial charge in [-0.25, -0.2) is 0 Å². The molecule has 0 aliphatic heterocycles. The van der Waals surface area contributed by atoms with Crippen molar-refractivity contribution < 1.29 is 5.21 Å². The van der Waals surface area contributed by atoms with E-state index in [9.17, 15) is 0 Å². The molecule has 1 aromatic heterocycles. The highest BCUT2D eigenvalue weighted by Crippen LogP contribution is 1.96. The summed E-state index contributed by atoms with van der Waals surface area (Å²) in [7, 11) is 0. The monoisotopic (exact) mass is 191 g/mol. The summed E-state index contributed by atoms with van der Waals surface area (Å²) < 4.78 is 0. The van der Waals surface area contributed by atoms with Crippen LogP contribution in [0, 0.1) is 0 Å². The van der Waals surface area contributed by atoms with Crippen LogP contribution in [0.4, 0.5) is 0 Å². The fourth-order valence-electron chi connectivity index (χ4n) is 0.878. The van der Waals surface area contributed by atoms with Gasteiger partial charge in [0.15, 0.2) is 0 Å². The van der Waals surface area contributed by atoms with Crippen molar-refractivity contribution in [3.05, 3.63) is 30.1 Å². The van der Waals surface area contributed by atoms with E-state index in [4.69, 9.17) is 5.21 Å². The molecule has 0 saturated carbocycles. The molecule has 0 fully saturated rings. The molecule has 1 N–H and O–H groups in total. The maximum Gasteiger partial charge on any atom is 0.0971 e. The maximum absolute atomic E-state index is 8.49. The molecule has 0 amide bonds. The Kier molecular flexibility index (Phi) is 3.79. The third-order valence-electron chi connectivity index (χ3n) is 1.88. The smallest absolute Gasteiger partial charge is 0.0971 e. The molecular formula is C10H13N3O. The molecule has 0 spiro atoms. The summed E-state index contributed by atoms with van der Waals surface area (Å²) in [6, 6.07) is 5.68. The van der Waals surface area contributed by atoms with E-state index in [2.05, 4.69) is 15.1 Å². The van der Waals surface area contributed by atoms with Crippen molar-refractivity contribution in [1.82, 2.24) is 4.98 Å². The van der Waals surface area contributed by atoms with Crippen LogP contribution in [-0.2, 0) is 6.54 Å². The molecule has 4 heteroatoms. The number of hydrogen-bond acceptors (Lipinski definition) is 4. The fourth-order valence-corrected chi connectivity index (χ4v) is 0.878. The summed E-state index contributed by atoms with van der Waals surface area (Å²) in [5.41, 5.74) is 2.15. The Morgan fingerprint density at radius 1 is 1.36 bits per heavy atom. The minimum atomic E-state index is 0.513. The van der Waals surface area contributed by atoms with Crippen LogP contribution in [0.15, 0.2) is 34.5 Å². The van der Waals surface area contributed by atoms with E-state index in [1.54, 1.807) is 20.0 Å². The molecule has 14 heavy (non-hydrogen) atoms. The SMILES string of the molecule is CC(=NCc1ccccn1)/C(C)=N\O. The Balaban J connectivity index is 2.64. The predicted molar refractivity (Wildman–Crippen MR) is 55.9 cm³/mol. The van der Waals surface area contributed by atoms with Crippen LogP contribution in [-0.4, -0.2) is 21.6 Å². The van der Waals surface area contributed by atoms with E-state index >= 15 is 0 Å². The minimum absolute atomic E-state index is 0.513. The highest BCUT2D eigenvalue weighted by molar-refractivity contribution is 6.40. The summed E-state index contributed by atoms with van der Waals surface area (Å²) >= 11 is 0. The summed E-state index contributed by atoms with van der Waals surface area (Å²) in [5, 5.41) is 11.6. The minimum Gasteiger partial charge on any atom is -0.411 e. The van der Waals surface area contributed by atoms with Gasteiger partial charge in [-0.2, -0.15) is 0 Å². The molecule has 0 unspecified atom stereocenters. The first-order chi connectivity index (χ1) is 6.74. The quantitative estimate of drug-likeness (QED) is 0.450. The molecule has 0 radical (unpaired) electrons. The Hall–Kier alpha value is -1.71. The van der Waals surface area contributed by atoms with E-state index in [-0.39, 0.29) is 0 Å². The van der Waals surface area contributed by atoms with Crippen molar-refractivity contribution in [2.75, 3.05) is 0 Å². The Morgan fingerprint density at radius 3 is 2.71 bits per heavy atom. The molecule has 0 aromatic carbocycles. The zero-order chi connectivity index (χ0) is 10.4. The van der Waals surface area contributed by atoms with E-state index in [1.807, 2.05) is 18.2 Å². The molecule has 0 aliphatic carbocycles. The molecule has 1 heterocycles. The Bertz CT molecular complexity index is 344. The number of rotatable bonds is 3. The van der Waals surface area contributed by atoms with E-state index in [0.29, 0.717) is 12.3 Å². The van der Waals surface area contributed by atoms with Crippen LogP contribution in [0.25, 0.3) is 0 Å². The lowest BCUT2D eigenvalue weighted by Crippen LogP contribution is -2.06. The lowest BCUT2D eigenvalue weighted by molar-refractivity contribution is 0.320. The van der Waals surface area contributed by atoms with Gasteiger partial charge in [0.2, 0.25) is 0 Å². The van der Waals surface area contributed by atoms with Crippen LogP contribution in [0.1, 0.15) is 19.5 Å². The first-order valence-corrected chi connectivity index (χ1v) is 4.34. The summed E-state index contributed by atoms with van der Waals surface area (Å²) in [6.45, 7) is 4.02. The van der Waals surface area contributed by atoms with Gasteiger partial charge in [-0.1, -0.05) is 11.2 Å². The largest absolute Gasteiger partial charge is 0.411 e. The van der Waals surface area contributed by atoms with Gasteiger partial charge >= 0.3 is 0 Å². The van der Waals surface area contributed by atoms with Crippen molar-refractivity contribution in [3.63, 3.8) is 0 Å². The Labute approximate surface area is 83.0 Å². The third kappa shape index (κ3) is 2.97. The highest BCUT2D eigenvalue weighted by atomic mass is 16.4. The van der Waals surface area contributed by atoms with Crippen LogP contribution in [0.5, 0.6) is 0 Å². The lowest BCUT2D eigenvalue weighted by Gasteiger charge is -1.98. The predicted octanol–water partition coefficient (Wildman–Crippen LogP) is 1.89. The number of nitrogens with zero attached hydrogens (tertiary/aromatic N) is 3. The highest BCUT2D eigenvalue weighted by Gasteiger charge is 1.96. The molecule has 0 bridgehead atoms. The summed E-state index contributed by atoms with van der Waals surface area (Å²) in [5.74, 6) is 0. The molecule has 1 rings (SSSR count). The molecular weight excluding hydrogens is 178 g/mol. The normalized spacial score (nSPS) is 13.0. The van der Waals surface area contributed by atoms with Crippen LogP contribution >= 0.6 is 0 Å². The molecule has 1 aromatic rings. The third-order valence-corrected chi connectivity index (χ3v) is 1.88. The number of aromatic nitrogens is 1. The average molecular weight is 191 g/mol. The molecule has 0 saturated heterocycles.